The van der Waals surface area contributed by atoms with Gasteiger partial charge >= 0.3 is 6.03 Å². The first-order valence-electron chi connectivity index (χ1n) is 9.58. The van der Waals surface area contributed by atoms with Gasteiger partial charge in [-0.05, 0) is 63.1 Å². The molecule has 0 aliphatic carbocycles. The Balaban J connectivity index is 1.98. The molecule has 0 unspecified atom stereocenters. The zero-order valence-corrected chi connectivity index (χ0v) is 18.2. The molecule has 0 radical (unpaired) electrons. The summed E-state index contributed by atoms with van der Waals surface area (Å²) in [6.07, 6.45) is 0. The molecule has 0 aliphatic heterocycles. The predicted octanol–water partition coefficient (Wildman–Crippen LogP) is 3.33. The second-order valence-corrected chi connectivity index (χ2v) is 8.31. The standard InChI is InChI=1S/C22H24N4O3S/c1-13(2)23-21(29)25-19(27)12-30-22-24-18-8-6-5-7-17(18)20(28)26(22)16-10-14(3)9-15(4)11-16/h5-11,13H,12H2,1-4H3,(H2,23,25,27,29). The average molecular weight is 425 g/mol. The fourth-order valence-electron chi connectivity index (χ4n) is 3.11. The number of carbonyl (C=O) groups is 2. The normalized spacial score (nSPS) is 11.0. The summed E-state index contributed by atoms with van der Waals surface area (Å²) < 4.78 is 1.52. The van der Waals surface area contributed by atoms with Crippen molar-refractivity contribution in [1.82, 2.24) is 20.2 Å². The predicted molar refractivity (Wildman–Crippen MR) is 119 cm³/mol. The van der Waals surface area contributed by atoms with E-state index < -0.39 is 11.9 Å². The highest BCUT2D eigenvalue weighted by atomic mass is 32.2. The van der Waals surface area contributed by atoms with Crippen LogP contribution in [0.25, 0.3) is 16.6 Å². The lowest BCUT2D eigenvalue weighted by Gasteiger charge is -2.14. The molecule has 0 spiro atoms. The molecule has 1 heterocycles. The summed E-state index contributed by atoms with van der Waals surface area (Å²) >= 11 is 1.11. The number of imide groups is 1. The molecule has 2 aromatic carbocycles. The second kappa shape index (κ2) is 9.13. The highest BCUT2D eigenvalue weighted by Crippen LogP contribution is 2.22. The molecule has 3 rings (SSSR count). The minimum atomic E-state index is -0.547. The zero-order valence-electron chi connectivity index (χ0n) is 17.4. The van der Waals surface area contributed by atoms with Crippen molar-refractivity contribution in [3.63, 3.8) is 0 Å². The van der Waals surface area contributed by atoms with Crippen LogP contribution in [0.5, 0.6) is 0 Å². The minimum absolute atomic E-state index is 0.0545. The lowest BCUT2D eigenvalue weighted by atomic mass is 10.1. The summed E-state index contributed by atoms with van der Waals surface area (Å²) in [4.78, 5) is 41.8. The van der Waals surface area contributed by atoms with Gasteiger partial charge in [0, 0.05) is 6.04 Å². The number of para-hydroxylation sites is 1. The van der Waals surface area contributed by atoms with Crippen LogP contribution in [-0.2, 0) is 4.79 Å². The molecule has 156 valence electrons. The SMILES string of the molecule is Cc1cc(C)cc(-n2c(SCC(=O)NC(=O)NC(C)C)nc3ccccc3c2=O)c1. The molecular weight excluding hydrogens is 400 g/mol. The number of nitrogens with one attached hydrogen (secondary N) is 2. The smallest absolute Gasteiger partial charge is 0.321 e. The van der Waals surface area contributed by atoms with Crippen molar-refractivity contribution < 1.29 is 9.59 Å². The molecule has 0 bridgehead atoms. The van der Waals surface area contributed by atoms with Crippen molar-refractivity contribution in [3.8, 4) is 5.69 Å². The van der Waals surface area contributed by atoms with Crippen LogP contribution in [0.4, 0.5) is 4.79 Å². The van der Waals surface area contributed by atoms with E-state index in [-0.39, 0.29) is 17.4 Å². The highest BCUT2D eigenvalue weighted by Gasteiger charge is 2.16. The third kappa shape index (κ3) is 5.07. The number of carbonyl (C=O) groups excluding carboxylic acids is 2. The monoisotopic (exact) mass is 424 g/mol. The molecule has 0 atom stereocenters. The first-order valence-corrected chi connectivity index (χ1v) is 10.6. The van der Waals surface area contributed by atoms with Gasteiger partial charge in [0.15, 0.2) is 5.16 Å². The number of rotatable bonds is 5. The molecule has 3 amide bonds. The van der Waals surface area contributed by atoms with Crippen LogP contribution in [0.2, 0.25) is 0 Å². The van der Waals surface area contributed by atoms with Crippen molar-refractivity contribution in [2.24, 2.45) is 0 Å². The number of benzene rings is 2. The largest absolute Gasteiger partial charge is 0.336 e. The van der Waals surface area contributed by atoms with Gasteiger partial charge in [-0.1, -0.05) is 30.0 Å². The van der Waals surface area contributed by atoms with Crippen LogP contribution in [-0.4, -0.2) is 33.3 Å². The van der Waals surface area contributed by atoms with E-state index in [4.69, 9.17) is 0 Å². The van der Waals surface area contributed by atoms with E-state index in [9.17, 15) is 14.4 Å². The summed E-state index contributed by atoms with van der Waals surface area (Å²) in [7, 11) is 0. The lowest BCUT2D eigenvalue weighted by Crippen LogP contribution is -2.43. The molecule has 0 fully saturated rings. The van der Waals surface area contributed by atoms with Gasteiger partial charge in [-0.25, -0.2) is 9.78 Å². The maximum atomic E-state index is 13.3. The van der Waals surface area contributed by atoms with Crippen LogP contribution in [0.1, 0.15) is 25.0 Å². The maximum absolute atomic E-state index is 13.3. The van der Waals surface area contributed by atoms with Crippen LogP contribution in [0, 0.1) is 13.8 Å². The molecule has 30 heavy (non-hydrogen) atoms. The Morgan fingerprint density at radius 2 is 1.77 bits per heavy atom. The van der Waals surface area contributed by atoms with Gasteiger partial charge in [0.1, 0.15) is 0 Å². The Labute approximate surface area is 178 Å². The van der Waals surface area contributed by atoms with Gasteiger partial charge in [-0.2, -0.15) is 0 Å². The molecule has 8 heteroatoms. The van der Waals surface area contributed by atoms with Gasteiger partial charge in [0.2, 0.25) is 5.91 Å². The molecule has 0 saturated carbocycles. The molecule has 2 N–H and O–H groups in total. The van der Waals surface area contributed by atoms with E-state index in [0.29, 0.717) is 21.7 Å². The Bertz CT molecular complexity index is 1150. The topological polar surface area (TPSA) is 93.1 Å². The zero-order chi connectivity index (χ0) is 21.8. The van der Waals surface area contributed by atoms with Crippen LogP contribution in [0.15, 0.2) is 52.4 Å². The molecular formula is C22H24N4O3S. The third-order valence-corrected chi connectivity index (χ3v) is 5.15. The molecule has 0 saturated heterocycles. The number of hydrogen-bond donors (Lipinski definition) is 2. The summed E-state index contributed by atoms with van der Waals surface area (Å²) in [6.45, 7) is 7.54. The molecule has 1 aromatic heterocycles. The fourth-order valence-corrected chi connectivity index (χ4v) is 3.92. The lowest BCUT2D eigenvalue weighted by molar-refractivity contribution is -0.117. The van der Waals surface area contributed by atoms with E-state index in [0.717, 1.165) is 22.9 Å². The summed E-state index contributed by atoms with van der Waals surface area (Å²) in [6, 6.07) is 12.3. The number of urea groups is 1. The number of nitrogens with zero attached hydrogens (tertiary/aromatic N) is 2. The number of aromatic nitrogens is 2. The number of thioether (sulfide) groups is 1. The average Bonchev–Trinajstić information content (AvgIpc) is 2.65. The van der Waals surface area contributed by atoms with E-state index >= 15 is 0 Å². The minimum Gasteiger partial charge on any atom is -0.336 e. The Hall–Kier alpha value is -3.13. The maximum Gasteiger partial charge on any atom is 0.321 e. The van der Waals surface area contributed by atoms with E-state index in [2.05, 4.69) is 15.6 Å². The Morgan fingerprint density at radius 3 is 2.43 bits per heavy atom. The second-order valence-electron chi connectivity index (χ2n) is 7.36. The van der Waals surface area contributed by atoms with Gasteiger partial charge in [-0.3, -0.25) is 19.5 Å². The first kappa shape index (κ1) is 21.6. The quantitative estimate of drug-likeness (QED) is 0.484. The number of aryl methyl sites for hydroxylation is 2. The first-order chi connectivity index (χ1) is 14.2. The number of fused-ring (bicyclic) bond motifs is 1. The van der Waals surface area contributed by atoms with Crippen LogP contribution >= 0.6 is 11.8 Å². The van der Waals surface area contributed by atoms with E-state index in [1.165, 1.54) is 4.57 Å². The number of hydrogen-bond acceptors (Lipinski definition) is 5. The molecule has 7 nitrogen and oxygen atoms in total. The van der Waals surface area contributed by atoms with Crippen LogP contribution in [0.3, 0.4) is 0 Å². The molecule has 0 aliphatic rings. The van der Waals surface area contributed by atoms with Gasteiger partial charge in [0.25, 0.3) is 5.56 Å². The number of amides is 3. The highest BCUT2D eigenvalue weighted by molar-refractivity contribution is 7.99. The van der Waals surface area contributed by atoms with Crippen molar-refractivity contribution in [3.05, 3.63) is 63.9 Å². The van der Waals surface area contributed by atoms with Crippen molar-refractivity contribution >= 4 is 34.6 Å². The van der Waals surface area contributed by atoms with Crippen molar-refractivity contribution in [1.29, 1.82) is 0 Å². The van der Waals surface area contributed by atoms with E-state index in [1.54, 1.807) is 32.0 Å². The van der Waals surface area contributed by atoms with Gasteiger partial charge < -0.3 is 5.32 Å². The molecule has 3 aromatic rings. The van der Waals surface area contributed by atoms with Crippen molar-refractivity contribution in [2.45, 2.75) is 38.9 Å². The van der Waals surface area contributed by atoms with Crippen molar-refractivity contribution in [2.75, 3.05) is 5.75 Å². The van der Waals surface area contributed by atoms with Gasteiger partial charge in [-0.15, -0.1) is 0 Å². The fraction of sp³-hybridized carbons (Fsp3) is 0.273. The Kier molecular flexibility index (Phi) is 6.56. The summed E-state index contributed by atoms with van der Waals surface area (Å²) in [5.41, 5.74) is 3.08. The van der Waals surface area contributed by atoms with Gasteiger partial charge in [0.05, 0.1) is 22.3 Å². The Morgan fingerprint density at radius 1 is 1.10 bits per heavy atom. The van der Waals surface area contributed by atoms with Crippen LogP contribution < -0.4 is 16.2 Å². The third-order valence-electron chi connectivity index (χ3n) is 4.21. The summed E-state index contributed by atoms with van der Waals surface area (Å²) in [5, 5.41) is 5.78. The summed E-state index contributed by atoms with van der Waals surface area (Å²) in [5.74, 6) is -0.520. The van der Waals surface area contributed by atoms with E-state index in [1.807, 2.05) is 38.1 Å².